The van der Waals surface area contributed by atoms with Crippen molar-refractivity contribution in [3.05, 3.63) is 0 Å². The van der Waals surface area contributed by atoms with E-state index >= 15 is 0 Å². The third-order valence-corrected chi connectivity index (χ3v) is 5.38. The summed E-state index contributed by atoms with van der Waals surface area (Å²) in [5, 5.41) is 26.7. The number of aldehydes is 1. The fraction of sp³-hybridized carbons (Fsp3) is 0.905. The highest BCUT2D eigenvalue weighted by molar-refractivity contribution is 5.87. The SMILES string of the molecule is CC1CC(NC(C)(C)CNC(C)(C)C(=O)CCCCCCC=O)C(O)C(O)O1. The topological polar surface area (TPSA) is 108 Å². The molecule has 0 aromatic heterocycles. The first-order chi connectivity index (χ1) is 13.0. The van der Waals surface area contributed by atoms with Crippen LogP contribution in [0.1, 0.15) is 79.6 Å². The number of aliphatic hydroxyl groups is 2. The van der Waals surface area contributed by atoms with E-state index in [0.29, 0.717) is 25.8 Å². The average molecular weight is 401 g/mol. The fourth-order valence-electron chi connectivity index (χ4n) is 3.49. The van der Waals surface area contributed by atoms with Gasteiger partial charge in [-0.05, 0) is 53.9 Å². The third kappa shape index (κ3) is 8.66. The van der Waals surface area contributed by atoms with Crippen LogP contribution in [0.4, 0.5) is 0 Å². The minimum Gasteiger partial charge on any atom is -0.386 e. The molecule has 1 aliphatic heterocycles. The number of ether oxygens (including phenoxy) is 1. The number of carbonyl (C=O) groups excluding carboxylic acids is 2. The Morgan fingerprint density at radius 1 is 1.14 bits per heavy atom. The van der Waals surface area contributed by atoms with E-state index in [0.717, 1.165) is 32.0 Å². The molecule has 0 spiro atoms. The minimum atomic E-state index is -1.19. The van der Waals surface area contributed by atoms with Crippen molar-refractivity contribution < 1.29 is 24.5 Å². The lowest BCUT2D eigenvalue weighted by Gasteiger charge is -2.41. The molecule has 164 valence electrons. The predicted octanol–water partition coefficient (Wildman–Crippen LogP) is 1.69. The Kier molecular flexibility index (Phi) is 10.2. The van der Waals surface area contributed by atoms with Crippen LogP contribution < -0.4 is 10.6 Å². The number of rotatable bonds is 13. The molecular formula is C21H40N2O5. The zero-order valence-electron chi connectivity index (χ0n) is 18.2. The molecular weight excluding hydrogens is 360 g/mol. The summed E-state index contributed by atoms with van der Waals surface area (Å²) in [7, 11) is 0. The molecule has 0 saturated carbocycles. The van der Waals surface area contributed by atoms with Gasteiger partial charge in [-0.1, -0.05) is 12.8 Å². The number of unbranched alkanes of at least 4 members (excludes halogenated alkanes) is 4. The monoisotopic (exact) mass is 400 g/mol. The summed E-state index contributed by atoms with van der Waals surface area (Å²) in [5.41, 5.74) is -1.02. The molecule has 1 fully saturated rings. The first-order valence-corrected chi connectivity index (χ1v) is 10.5. The third-order valence-electron chi connectivity index (χ3n) is 5.38. The van der Waals surface area contributed by atoms with Crippen molar-refractivity contribution in [2.45, 2.75) is 115 Å². The van der Waals surface area contributed by atoms with Gasteiger partial charge in [0.05, 0.1) is 11.6 Å². The molecule has 0 amide bonds. The smallest absolute Gasteiger partial charge is 0.182 e. The summed E-state index contributed by atoms with van der Waals surface area (Å²) in [5.74, 6) is 0.175. The van der Waals surface area contributed by atoms with E-state index in [1.54, 1.807) is 0 Å². The van der Waals surface area contributed by atoms with Gasteiger partial charge in [-0.2, -0.15) is 0 Å². The second kappa shape index (κ2) is 11.4. The molecule has 28 heavy (non-hydrogen) atoms. The summed E-state index contributed by atoms with van der Waals surface area (Å²) in [6.45, 7) is 10.2. The van der Waals surface area contributed by atoms with Crippen LogP contribution in [-0.4, -0.2) is 64.4 Å². The van der Waals surface area contributed by atoms with Crippen LogP contribution >= 0.6 is 0 Å². The molecule has 7 heteroatoms. The van der Waals surface area contributed by atoms with Gasteiger partial charge in [-0.25, -0.2) is 0 Å². The van der Waals surface area contributed by atoms with Crippen LogP contribution in [-0.2, 0) is 14.3 Å². The summed E-state index contributed by atoms with van der Waals surface area (Å²) in [6, 6.07) is -0.277. The molecule has 4 unspecified atom stereocenters. The minimum absolute atomic E-state index is 0.135. The summed E-state index contributed by atoms with van der Waals surface area (Å²) in [6.07, 6.45) is 4.04. The zero-order chi connectivity index (χ0) is 21.4. The first kappa shape index (κ1) is 25.2. The van der Waals surface area contributed by atoms with Crippen molar-refractivity contribution >= 4 is 12.1 Å². The Morgan fingerprint density at radius 3 is 2.43 bits per heavy atom. The molecule has 1 aliphatic rings. The van der Waals surface area contributed by atoms with Crippen LogP contribution in [0.2, 0.25) is 0 Å². The molecule has 0 bridgehead atoms. The van der Waals surface area contributed by atoms with Gasteiger partial charge < -0.3 is 30.4 Å². The quantitative estimate of drug-likeness (QED) is 0.275. The summed E-state index contributed by atoms with van der Waals surface area (Å²) >= 11 is 0. The van der Waals surface area contributed by atoms with Crippen molar-refractivity contribution in [1.29, 1.82) is 0 Å². The van der Waals surface area contributed by atoms with Crippen LogP contribution in [0.15, 0.2) is 0 Å². The molecule has 4 N–H and O–H groups in total. The number of hydrogen-bond donors (Lipinski definition) is 4. The maximum atomic E-state index is 12.6. The van der Waals surface area contributed by atoms with Gasteiger partial charge >= 0.3 is 0 Å². The molecule has 0 aliphatic carbocycles. The average Bonchev–Trinajstić information content (AvgIpc) is 2.60. The molecule has 0 aromatic carbocycles. The Bertz CT molecular complexity index is 495. The van der Waals surface area contributed by atoms with E-state index in [1.165, 1.54) is 0 Å². The highest BCUT2D eigenvalue weighted by Crippen LogP contribution is 2.21. The van der Waals surface area contributed by atoms with Crippen LogP contribution in [0, 0.1) is 0 Å². The van der Waals surface area contributed by atoms with Gasteiger partial charge in [-0.15, -0.1) is 0 Å². The number of ketones is 1. The molecule has 7 nitrogen and oxygen atoms in total. The lowest BCUT2D eigenvalue weighted by molar-refractivity contribution is -0.222. The molecule has 0 aromatic rings. The number of aliphatic hydroxyl groups excluding tert-OH is 2. The van der Waals surface area contributed by atoms with E-state index in [2.05, 4.69) is 10.6 Å². The number of carbonyl (C=O) groups is 2. The normalized spacial score (nSPS) is 26.2. The Hall–Kier alpha value is -0.860. The van der Waals surface area contributed by atoms with Crippen molar-refractivity contribution in [3.63, 3.8) is 0 Å². The Balaban J connectivity index is 2.43. The fourth-order valence-corrected chi connectivity index (χ4v) is 3.49. The van der Waals surface area contributed by atoms with Crippen molar-refractivity contribution in [2.24, 2.45) is 0 Å². The van der Waals surface area contributed by atoms with E-state index in [4.69, 9.17) is 4.74 Å². The van der Waals surface area contributed by atoms with Crippen molar-refractivity contribution in [3.8, 4) is 0 Å². The largest absolute Gasteiger partial charge is 0.386 e. The predicted molar refractivity (Wildman–Crippen MR) is 109 cm³/mol. The Morgan fingerprint density at radius 2 is 1.79 bits per heavy atom. The molecule has 1 saturated heterocycles. The lowest BCUT2D eigenvalue weighted by atomic mass is 9.91. The Labute approximate surface area is 169 Å². The maximum absolute atomic E-state index is 12.6. The molecule has 4 atom stereocenters. The second-order valence-corrected chi connectivity index (χ2v) is 9.22. The first-order valence-electron chi connectivity index (χ1n) is 10.5. The van der Waals surface area contributed by atoms with Gasteiger partial charge in [0.2, 0.25) is 0 Å². The van der Waals surface area contributed by atoms with Crippen LogP contribution in [0.25, 0.3) is 0 Å². The van der Waals surface area contributed by atoms with Crippen molar-refractivity contribution in [1.82, 2.24) is 10.6 Å². The van der Waals surface area contributed by atoms with E-state index in [9.17, 15) is 19.8 Å². The lowest BCUT2D eigenvalue weighted by Crippen LogP contribution is -2.63. The van der Waals surface area contributed by atoms with Gasteiger partial charge in [-0.3, -0.25) is 4.79 Å². The standard InChI is InChI=1S/C21H40N2O5/c1-15-13-16(18(26)19(27)28-15)23-20(2,3)14-22-21(4,5)17(25)11-9-7-6-8-10-12-24/h12,15-16,18-19,22-23,26-27H,6-11,13-14H2,1-5H3. The van der Waals surface area contributed by atoms with Crippen molar-refractivity contribution in [2.75, 3.05) is 6.54 Å². The molecule has 1 heterocycles. The zero-order valence-corrected chi connectivity index (χ0v) is 18.2. The summed E-state index contributed by atoms with van der Waals surface area (Å²) in [4.78, 5) is 22.9. The van der Waals surface area contributed by atoms with Gasteiger partial charge in [0.1, 0.15) is 12.4 Å². The molecule has 1 rings (SSSR count). The molecule has 0 radical (unpaired) electrons. The van der Waals surface area contributed by atoms with E-state index in [1.807, 2.05) is 34.6 Å². The van der Waals surface area contributed by atoms with E-state index < -0.39 is 17.9 Å². The second-order valence-electron chi connectivity index (χ2n) is 9.22. The van der Waals surface area contributed by atoms with Crippen LogP contribution in [0.3, 0.4) is 0 Å². The number of Topliss-reactive ketones (excluding diaryl/α,β-unsaturated/α-hetero) is 1. The van der Waals surface area contributed by atoms with E-state index in [-0.39, 0.29) is 23.5 Å². The highest BCUT2D eigenvalue weighted by Gasteiger charge is 2.38. The maximum Gasteiger partial charge on any atom is 0.182 e. The highest BCUT2D eigenvalue weighted by atomic mass is 16.6. The summed E-state index contributed by atoms with van der Waals surface area (Å²) < 4.78 is 5.25. The number of hydrogen-bond acceptors (Lipinski definition) is 7. The number of nitrogens with one attached hydrogen (secondary N) is 2. The van der Waals surface area contributed by atoms with Gasteiger partial charge in [0.15, 0.2) is 12.1 Å². The van der Waals surface area contributed by atoms with Crippen LogP contribution in [0.5, 0.6) is 0 Å². The van der Waals surface area contributed by atoms with Gasteiger partial charge in [0, 0.05) is 31.0 Å². The van der Waals surface area contributed by atoms with Gasteiger partial charge in [0.25, 0.3) is 0 Å².